The summed E-state index contributed by atoms with van der Waals surface area (Å²) in [7, 11) is -4.48. The van der Waals surface area contributed by atoms with E-state index in [4.69, 9.17) is 5.73 Å². The lowest BCUT2D eigenvalue weighted by molar-refractivity contribution is -0.127. The normalized spacial score (nSPS) is 19.8. The number of nitrogens with zero attached hydrogens (tertiary/aromatic N) is 1. The van der Waals surface area contributed by atoms with Gasteiger partial charge in [-0.05, 0) is 19.4 Å². The molecule has 1 rings (SSSR count). The Labute approximate surface area is 120 Å². The number of hydrogen-bond donors (Lipinski definition) is 1. The van der Waals surface area contributed by atoms with Crippen LogP contribution in [0.4, 0.5) is 3.89 Å². The van der Waals surface area contributed by atoms with Crippen molar-refractivity contribution in [2.45, 2.75) is 44.9 Å². The first-order valence-corrected chi connectivity index (χ1v) is 8.88. The van der Waals surface area contributed by atoms with Crippen LogP contribution in [0.2, 0.25) is 0 Å². The van der Waals surface area contributed by atoms with Gasteiger partial charge in [0, 0.05) is 25.4 Å². The van der Waals surface area contributed by atoms with Crippen LogP contribution in [0.15, 0.2) is 0 Å². The van der Waals surface area contributed by atoms with Crippen molar-refractivity contribution in [3.05, 3.63) is 0 Å². The first-order valence-electron chi connectivity index (χ1n) is 7.32. The monoisotopic (exact) mass is 308 g/mol. The van der Waals surface area contributed by atoms with Crippen molar-refractivity contribution in [2.75, 3.05) is 25.4 Å². The molecule has 1 fully saturated rings. The minimum Gasteiger partial charge on any atom is -0.342 e. The number of rotatable bonds is 10. The molecule has 5 nitrogen and oxygen atoms in total. The van der Waals surface area contributed by atoms with Crippen LogP contribution in [0.5, 0.6) is 0 Å². The molecular weight excluding hydrogens is 283 g/mol. The molecule has 1 saturated heterocycles. The van der Waals surface area contributed by atoms with Gasteiger partial charge in [-0.2, -0.15) is 8.42 Å². The van der Waals surface area contributed by atoms with Crippen LogP contribution in [0.1, 0.15) is 44.9 Å². The van der Waals surface area contributed by atoms with Gasteiger partial charge in [0.1, 0.15) is 0 Å². The molecule has 118 valence electrons. The van der Waals surface area contributed by atoms with Gasteiger partial charge in [-0.15, -0.1) is 3.89 Å². The molecule has 1 heterocycles. The molecule has 0 aromatic rings. The molecule has 1 aliphatic rings. The number of unbranched alkanes of at least 4 members (excludes halogenated alkanes) is 5. The third-order valence-corrected chi connectivity index (χ3v) is 4.48. The minimum atomic E-state index is -4.48. The molecule has 1 atom stereocenters. The molecule has 0 saturated carbocycles. The van der Waals surface area contributed by atoms with Gasteiger partial charge in [-0.3, -0.25) is 4.79 Å². The fourth-order valence-electron chi connectivity index (χ4n) is 2.62. The Hall–Kier alpha value is -0.690. The Morgan fingerprint density at radius 1 is 1.15 bits per heavy atom. The fourth-order valence-corrected chi connectivity index (χ4v) is 3.40. The SMILES string of the molecule is NCCCCCCCCN1CC(CS(=O)(=O)F)CC1=O. The number of carbonyl (C=O) groups excluding carboxylic acids is 1. The Bertz CT molecular complexity index is 400. The number of halogens is 1. The number of likely N-dealkylation sites (tertiary alicyclic amines) is 1. The molecule has 0 spiro atoms. The van der Waals surface area contributed by atoms with Gasteiger partial charge < -0.3 is 10.6 Å². The average molecular weight is 308 g/mol. The van der Waals surface area contributed by atoms with E-state index in [0.717, 1.165) is 45.1 Å². The number of carbonyl (C=O) groups is 1. The Balaban J connectivity index is 2.14. The van der Waals surface area contributed by atoms with E-state index in [1.807, 2.05) is 0 Å². The molecule has 0 aliphatic carbocycles. The zero-order valence-electron chi connectivity index (χ0n) is 11.9. The lowest BCUT2D eigenvalue weighted by atomic mass is 10.1. The molecule has 0 aromatic heterocycles. The van der Waals surface area contributed by atoms with Crippen LogP contribution in [-0.4, -0.2) is 44.6 Å². The summed E-state index contributed by atoms with van der Waals surface area (Å²) in [6.45, 7) is 1.76. The van der Waals surface area contributed by atoms with Gasteiger partial charge in [-0.1, -0.05) is 25.7 Å². The van der Waals surface area contributed by atoms with E-state index in [2.05, 4.69) is 0 Å². The van der Waals surface area contributed by atoms with Crippen molar-refractivity contribution in [1.82, 2.24) is 4.90 Å². The molecule has 0 radical (unpaired) electrons. The molecule has 7 heteroatoms. The topological polar surface area (TPSA) is 80.5 Å². The third-order valence-electron chi connectivity index (χ3n) is 3.61. The standard InChI is InChI=1S/C13H25FN2O3S/c14-20(18,19)11-12-9-13(17)16(10-12)8-6-4-2-1-3-5-7-15/h12H,1-11,15H2. The molecular formula is C13H25FN2O3S. The maximum absolute atomic E-state index is 12.6. The quantitative estimate of drug-likeness (QED) is 0.489. The summed E-state index contributed by atoms with van der Waals surface area (Å²) in [6, 6.07) is 0. The summed E-state index contributed by atoms with van der Waals surface area (Å²) in [4.78, 5) is 13.3. The second kappa shape index (κ2) is 8.56. The van der Waals surface area contributed by atoms with Gasteiger partial charge in [-0.25, -0.2) is 0 Å². The summed E-state index contributed by atoms with van der Waals surface area (Å²) in [5.74, 6) is -0.974. The zero-order valence-corrected chi connectivity index (χ0v) is 12.7. The Kier molecular flexibility index (Phi) is 7.43. The fraction of sp³-hybridized carbons (Fsp3) is 0.923. The largest absolute Gasteiger partial charge is 0.342 e. The highest BCUT2D eigenvalue weighted by atomic mass is 32.3. The summed E-state index contributed by atoms with van der Waals surface area (Å²) in [6.07, 6.45) is 6.63. The smallest absolute Gasteiger partial charge is 0.302 e. The Morgan fingerprint density at radius 2 is 1.75 bits per heavy atom. The zero-order chi connectivity index (χ0) is 15.0. The molecule has 1 amide bonds. The van der Waals surface area contributed by atoms with E-state index < -0.39 is 16.0 Å². The van der Waals surface area contributed by atoms with Crippen LogP contribution in [0.25, 0.3) is 0 Å². The summed E-state index contributed by atoms with van der Waals surface area (Å²) in [5, 5.41) is 0. The lowest BCUT2D eigenvalue weighted by Gasteiger charge is -2.16. The molecule has 1 unspecified atom stereocenters. The molecule has 2 N–H and O–H groups in total. The van der Waals surface area contributed by atoms with Crippen LogP contribution in [-0.2, 0) is 15.0 Å². The van der Waals surface area contributed by atoms with Crippen molar-refractivity contribution in [3.8, 4) is 0 Å². The maximum atomic E-state index is 12.6. The summed E-state index contributed by atoms with van der Waals surface area (Å²) >= 11 is 0. The first kappa shape index (κ1) is 17.4. The van der Waals surface area contributed by atoms with E-state index in [1.54, 1.807) is 4.90 Å². The van der Waals surface area contributed by atoms with Gasteiger partial charge in [0.2, 0.25) is 5.91 Å². The number of amides is 1. The summed E-state index contributed by atoms with van der Waals surface area (Å²) < 4.78 is 33.7. The molecule has 1 aliphatic heterocycles. The van der Waals surface area contributed by atoms with Crippen LogP contribution < -0.4 is 5.73 Å². The van der Waals surface area contributed by atoms with Gasteiger partial charge in [0.05, 0.1) is 5.75 Å². The first-order chi connectivity index (χ1) is 9.42. The van der Waals surface area contributed by atoms with Crippen molar-refractivity contribution in [3.63, 3.8) is 0 Å². The highest BCUT2D eigenvalue weighted by Crippen LogP contribution is 2.20. The van der Waals surface area contributed by atoms with Crippen LogP contribution in [0, 0.1) is 5.92 Å². The third kappa shape index (κ3) is 7.19. The van der Waals surface area contributed by atoms with E-state index in [0.29, 0.717) is 13.1 Å². The average Bonchev–Trinajstić information content (AvgIpc) is 2.66. The summed E-state index contributed by atoms with van der Waals surface area (Å²) in [5.41, 5.74) is 5.41. The van der Waals surface area contributed by atoms with E-state index in [9.17, 15) is 17.1 Å². The van der Waals surface area contributed by atoms with Crippen LogP contribution in [0.3, 0.4) is 0 Å². The molecule has 20 heavy (non-hydrogen) atoms. The second-order valence-corrected chi connectivity index (χ2v) is 6.94. The van der Waals surface area contributed by atoms with Crippen molar-refractivity contribution in [2.24, 2.45) is 11.7 Å². The maximum Gasteiger partial charge on any atom is 0.302 e. The number of hydrogen-bond acceptors (Lipinski definition) is 4. The highest BCUT2D eigenvalue weighted by Gasteiger charge is 2.32. The van der Waals surface area contributed by atoms with Crippen molar-refractivity contribution >= 4 is 16.1 Å². The van der Waals surface area contributed by atoms with Gasteiger partial charge in [0.25, 0.3) is 0 Å². The predicted molar refractivity (Wildman–Crippen MR) is 76.3 cm³/mol. The minimum absolute atomic E-state index is 0.0539. The second-order valence-electron chi connectivity index (χ2n) is 5.53. The lowest BCUT2D eigenvalue weighted by Crippen LogP contribution is -2.27. The van der Waals surface area contributed by atoms with Crippen molar-refractivity contribution < 1.29 is 17.1 Å². The van der Waals surface area contributed by atoms with E-state index >= 15 is 0 Å². The van der Waals surface area contributed by atoms with Crippen LogP contribution >= 0.6 is 0 Å². The molecule has 0 bridgehead atoms. The molecule has 0 aromatic carbocycles. The Morgan fingerprint density at radius 3 is 2.35 bits per heavy atom. The van der Waals surface area contributed by atoms with E-state index in [1.165, 1.54) is 0 Å². The number of nitrogens with two attached hydrogens (primary N) is 1. The van der Waals surface area contributed by atoms with Gasteiger partial charge >= 0.3 is 10.2 Å². The van der Waals surface area contributed by atoms with E-state index in [-0.39, 0.29) is 18.2 Å². The predicted octanol–water partition coefficient (Wildman–Crippen LogP) is 1.43. The highest BCUT2D eigenvalue weighted by molar-refractivity contribution is 7.86. The van der Waals surface area contributed by atoms with Gasteiger partial charge in [0.15, 0.2) is 0 Å². The van der Waals surface area contributed by atoms with Crippen molar-refractivity contribution in [1.29, 1.82) is 0 Å².